The average Bonchev–Trinajstić information content (AvgIpc) is 3.26. The first kappa shape index (κ1) is 15.7. The molecule has 0 aromatic carbocycles. The molecule has 2 amide bonds. The van der Waals surface area contributed by atoms with E-state index in [-0.39, 0.29) is 24.3 Å². The Morgan fingerprint density at radius 1 is 1.39 bits per heavy atom. The smallest absolute Gasteiger partial charge is 0.232 e. The summed E-state index contributed by atoms with van der Waals surface area (Å²) in [6.45, 7) is 0.905. The maximum Gasteiger partial charge on any atom is 0.232 e. The second-order valence-corrected chi connectivity index (χ2v) is 5.98. The number of methoxy groups -OCH3 is 1. The molecule has 3 rings (SSSR count). The number of nitrogens with two attached hydrogens (primary N) is 1. The normalized spacial score (nSPS) is 24.5. The lowest BCUT2D eigenvalue weighted by Gasteiger charge is -2.20. The van der Waals surface area contributed by atoms with Crippen LogP contribution < -0.4 is 5.73 Å². The molecule has 0 bridgehead atoms. The van der Waals surface area contributed by atoms with Crippen molar-refractivity contribution < 1.29 is 18.8 Å². The predicted molar refractivity (Wildman–Crippen MR) is 78.9 cm³/mol. The van der Waals surface area contributed by atoms with E-state index in [4.69, 9.17) is 15.0 Å². The fraction of sp³-hybridized carbons (Fsp3) is 0.600. The summed E-state index contributed by atoms with van der Waals surface area (Å²) in [6, 6.07) is 0. The van der Waals surface area contributed by atoms with Crippen molar-refractivity contribution in [3.8, 4) is 0 Å². The van der Waals surface area contributed by atoms with E-state index in [2.05, 4.69) is 10.1 Å². The fourth-order valence-electron chi connectivity index (χ4n) is 3.21. The quantitative estimate of drug-likeness (QED) is 0.776. The molecule has 1 aliphatic carbocycles. The second-order valence-electron chi connectivity index (χ2n) is 5.98. The number of ether oxygens (including phenoxy) is 1. The van der Waals surface area contributed by atoms with E-state index in [1.807, 2.05) is 12.2 Å². The van der Waals surface area contributed by atoms with Gasteiger partial charge in [0.1, 0.15) is 6.61 Å². The van der Waals surface area contributed by atoms with Crippen LogP contribution in [0.5, 0.6) is 0 Å². The molecule has 0 radical (unpaired) electrons. The number of nitrogens with zero attached hydrogens (tertiary/aromatic N) is 3. The van der Waals surface area contributed by atoms with Gasteiger partial charge < -0.3 is 19.9 Å². The Hall–Kier alpha value is -2.22. The lowest BCUT2D eigenvalue weighted by atomic mass is 9.95. The van der Waals surface area contributed by atoms with Gasteiger partial charge in [0.15, 0.2) is 5.82 Å². The fourth-order valence-corrected chi connectivity index (χ4v) is 3.21. The zero-order valence-electron chi connectivity index (χ0n) is 13.0. The molecule has 2 atom stereocenters. The number of likely N-dealkylation sites (tertiary alicyclic amines) is 1. The van der Waals surface area contributed by atoms with Crippen LogP contribution in [0.1, 0.15) is 30.5 Å². The van der Waals surface area contributed by atoms with Gasteiger partial charge in [-0.25, -0.2) is 0 Å². The van der Waals surface area contributed by atoms with E-state index >= 15 is 0 Å². The van der Waals surface area contributed by atoms with E-state index in [0.717, 1.165) is 12.8 Å². The van der Waals surface area contributed by atoms with Crippen LogP contribution in [0.25, 0.3) is 0 Å². The Balaban J connectivity index is 1.75. The second kappa shape index (κ2) is 6.49. The average molecular weight is 320 g/mol. The molecule has 1 aromatic rings. The molecular weight excluding hydrogens is 300 g/mol. The summed E-state index contributed by atoms with van der Waals surface area (Å²) in [5.41, 5.74) is 5.50. The van der Waals surface area contributed by atoms with Gasteiger partial charge in [-0.2, -0.15) is 4.98 Å². The minimum Gasteiger partial charge on any atom is -0.377 e. The first-order valence-corrected chi connectivity index (χ1v) is 7.64. The topological polar surface area (TPSA) is 112 Å². The zero-order valence-corrected chi connectivity index (χ0v) is 13.0. The molecule has 0 saturated carbocycles. The molecule has 124 valence electrons. The molecule has 1 aromatic heterocycles. The van der Waals surface area contributed by atoms with Crippen LogP contribution in [0, 0.1) is 11.8 Å². The first-order chi connectivity index (χ1) is 11.1. The van der Waals surface area contributed by atoms with E-state index < -0.39 is 11.8 Å². The van der Waals surface area contributed by atoms with Crippen molar-refractivity contribution in [2.24, 2.45) is 17.6 Å². The highest BCUT2D eigenvalue weighted by atomic mass is 16.5. The summed E-state index contributed by atoms with van der Waals surface area (Å²) < 4.78 is 10.2. The van der Waals surface area contributed by atoms with E-state index in [0.29, 0.717) is 24.8 Å². The van der Waals surface area contributed by atoms with Crippen LogP contribution in [0.15, 0.2) is 16.7 Å². The van der Waals surface area contributed by atoms with Gasteiger partial charge in [-0.15, -0.1) is 0 Å². The SMILES string of the molecule is COCc1noc([C@@H]2CN(C(=O)C3CC=CC3)C[C@H]2C(N)=O)n1. The maximum absolute atomic E-state index is 12.5. The van der Waals surface area contributed by atoms with Gasteiger partial charge in [-0.05, 0) is 12.8 Å². The Labute approximate surface area is 133 Å². The largest absolute Gasteiger partial charge is 0.377 e. The summed E-state index contributed by atoms with van der Waals surface area (Å²) in [7, 11) is 1.54. The predicted octanol–water partition coefficient (Wildman–Crippen LogP) is 0.210. The molecule has 8 heteroatoms. The van der Waals surface area contributed by atoms with Gasteiger partial charge in [0, 0.05) is 26.1 Å². The Kier molecular flexibility index (Phi) is 4.42. The van der Waals surface area contributed by atoms with Crippen molar-refractivity contribution >= 4 is 11.8 Å². The lowest BCUT2D eigenvalue weighted by molar-refractivity contribution is -0.134. The molecule has 23 heavy (non-hydrogen) atoms. The summed E-state index contributed by atoms with van der Waals surface area (Å²) in [5.74, 6) is -0.556. The maximum atomic E-state index is 12.5. The molecular formula is C15H20N4O4. The Bertz CT molecular complexity index is 619. The van der Waals surface area contributed by atoms with Crippen molar-refractivity contribution in [2.45, 2.75) is 25.4 Å². The minimum absolute atomic E-state index is 0.0333. The summed E-state index contributed by atoms with van der Waals surface area (Å²) in [6.07, 6.45) is 5.52. The number of rotatable bonds is 5. The van der Waals surface area contributed by atoms with Crippen LogP contribution in [0.3, 0.4) is 0 Å². The lowest BCUT2D eigenvalue weighted by Crippen LogP contribution is -2.35. The number of allylic oxidation sites excluding steroid dienone is 2. The van der Waals surface area contributed by atoms with Gasteiger partial charge in [-0.3, -0.25) is 9.59 Å². The van der Waals surface area contributed by atoms with Crippen LogP contribution >= 0.6 is 0 Å². The highest BCUT2D eigenvalue weighted by Gasteiger charge is 2.43. The number of carbonyl (C=O) groups is 2. The van der Waals surface area contributed by atoms with Crippen LogP contribution in [0.2, 0.25) is 0 Å². The molecule has 2 N–H and O–H groups in total. The Morgan fingerprint density at radius 2 is 2.13 bits per heavy atom. The number of amides is 2. The number of hydrogen-bond donors (Lipinski definition) is 1. The molecule has 1 aliphatic heterocycles. The monoisotopic (exact) mass is 320 g/mol. The summed E-state index contributed by atoms with van der Waals surface area (Å²) in [5, 5.41) is 3.81. The highest BCUT2D eigenvalue weighted by Crippen LogP contribution is 2.33. The van der Waals surface area contributed by atoms with Gasteiger partial charge in [0.2, 0.25) is 17.7 Å². The van der Waals surface area contributed by atoms with E-state index in [9.17, 15) is 9.59 Å². The molecule has 1 fully saturated rings. The third-order valence-corrected chi connectivity index (χ3v) is 4.43. The number of aromatic nitrogens is 2. The van der Waals surface area contributed by atoms with Crippen LogP contribution in [-0.2, 0) is 20.9 Å². The van der Waals surface area contributed by atoms with Crippen molar-refractivity contribution in [3.63, 3.8) is 0 Å². The van der Waals surface area contributed by atoms with E-state index in [1.165, 1.54) is 7.11 Å². The van der Waals surface area contributed by atoms with Crippen molar-refractivity contribution in [3.05, 3.63) is 23.9 Å². The molecule has 0 unspecified atom stereocenters. The molecule has 8 nitrogen and oxygen atoms in total. The molecule has 0 spiro atoms. The number of carbonyl (C=O) groups excluding carboxylic acids is 2. The summed E-state index contributed by atoms with van der Waals surface area (Å²) in [4.78, 5) is 30.2. The molecule has 2 heterocycles. The third-order valence-electron chi connectivity index (χ3n) is 4.43. The van der Waals surface area contributed by atoms with Gasteiger partial charge in [-0.1, -0.05) is 17.3 Å². The third kappa shape index (κ3) is 3.12. The molecule has 2 aliphatic rings. The van der Waals surface area contributed by atoms with Crippen molar-refractivity contribution in [1.29, 1.82) is 0 Å². The van der Waals surface area contributed by atoms with Crippen LogP contribution in [0.4, 0.5) is 0 Å². The standard InChI is InChI=1S/C15H20N4O4/c1-22-8-12-17-14(23-18-12)11-7-19(6-10(11)13(16)20)15(21)9-4-2-3-5-9/h2-3,9-11H,4-8H2,1H3,(H2,16,20)/t10-,11-/m1/s1. The van der Waals surface area contributed by atoms with Gasteiger partial charge in [0.05, 0.1) is 11.8 Å². The van der Waals surface area contributed by atoms with Crippen LogP contribution in [-0.4, -0.2) is 47.1 Å². The van der Waals surface area contributed by atoms with Gasteiger partial charge in [0.25, 0.3) is 0 Å². The first-order valence-electron chi connectivity index (χ1n) is 7.64. The van der Waals surface area contributed by atoms with E-state index in [1.54, 1.807) is 4.90 Å². The van der Waals surface area contributed by atoms with Crippen molar-refractivity contribution in [2.75, 3.05) is 20.2 Å². The Morgan fingerprint density at radius 3 is 2.78 bits per heavy atom. The van der Waals surface area contributed by atoms with Gasteiger partial charge >= 0.3 is 0 Å². The van der Waals surface area contributed by atoms with Crippen molar-refractivity contribution in [1.82, 2.24) is 15.0 Å². The summed E-state index contributed by atoms with van der Waals surface area (Å²) >= 11 is 0. The molecule has 1 saturated heterocycles. The zero-order chi connectivity index (χ0) is 16.4. The minimum atomic E-state index is -0.510. The number of hydrogen-bond acceptors (Lipinski definition) is 6. The number of primary amides is 1. The highest BCUT2D eigenvalue weighted by molar-refractivity contribution is 5.83.